The minimum Gasteiger partial charge on any atom is -0.340 e. The number of hydrogen-bond donors (Lipinski definition) is 1. The minimum atomic E-state index is 0.101. The third-order valence-corrected chi connectivity index (χ3v) is 4.84. The van der Waals surface area contributed by atoms with Crippen LogP contribution < -0.4 is 5.73 Å². The molecule has 1 heterocycles. The summed E-state index contributed by atoms with van der Waals surface area (Å²) in [6, 6.07) is 0. The van der Waals surface area contributed by atoms with Gasteiger partial charge in [-0.25, -0.2) is 0 Å². The number of likely N-dealkylation sites (tertiary alicyclic amines) is 1. The van der Waals surface area contributed by atoms with E-state index in [4.69, 9.17) is 5.73 Å². The van der Waals surface area contributed by atoms with Gasteiger partial charge in [-0.1, -0.05) is 13.8 Å². The van der Waals surface area contributed by atoms with Crippen molar-refractivity contribution in [2.75, 3.05) is 45.0 Å². The van der Waals surface area contributed by atoms with Crippen LogP contribution in [0.1, 0.15) is 26.7 Å². The number of thioether (sulfide) groups is 1. The second kappa shape index (κ2) is 8.77. The van der Waals surface area contributed by atoms with Gasteiger partial charge in [-0.3, -0.25) is 4.79 Å². The van der Waals surface area contributed by atoms with Crippen molar-refractivity contribution in [3.63, 3.8) is 0 Å². The summed E-state index contributed by atoms with van der Waals surface area (Å²) in [6.45, 7) is 9.74. The van der Waals surface area contributed by atoms with Crippen LogP contribution in [0.5, 0.6) is 0 Å². The summed E-state index contributed by atoms with van der Waals surface area (Å²) in [4.78, 5) is 15.9. The molecule has 1 saturated heterocycles. The van der Waals surface area contributed by atoms with Gasteiger partial charge in [0.15, 0.2) is 0 Å². The molecule has 1 fully saturated rings. The van der Waals surface area contributed by atoms with Gasteiger partial charge >= 0.3 is 0 Å². The molecule has 1 unspecified atom stereocenters. The van der Waals surface area contributed by atoms with E-state index >= 15 is 0 Å². The van der Waals surface area contributed by atoms with Gasteiger partial charge in [-0.05, 0) is 25.9 Å². The summed E-state index contributed by atoms with van der Waals surface area (Å²) in [7, 11) is 0. The molecule has 4 nitrogen and oxygen atoms in total. The number of nitrogens with zero attached hydrogens (tertiary/aromatic N) is 2. The van der Waals surface area contributed by atoms with Gasteiger partial charge in [-0.2, -0.15) is 11.8 Å². The highest BCUT2D eigenvalue weighted by atomic mass is 32.2. The highest BCUT2D eigenvalue weighted by Crippen LogP contribution is 2.22. The predicted octanol–water partition coefficient (Wildman–Crippen LogP) is 1.01. The van der Waals surface area contributed by atoms with E-state index in [-0.39, 0.29) is 12.5 Å². The zero-order chi connectivity index (χ0) is 13.4. The molecule has 1 amide bonds. The zero-order valence-electron chi connectivity index (χ0n) is 11.7. The lowest BCUT2D eigenvalue weighted by molar-refractivity contribution is -0.130. The Balaban J connectivity index is 2.24. The third kappa shape index (κ3) is 5.16. The maximum absolute atomic E-state index is 11.6. The molecule has 0 aromatic carbocycles. The largest absolute Gasteiger partial charge is 0.340 e. The second-order valence-electron chi connectivity index (χ2n) is 4.71. The van der Waals surface area contributed by atoms with Gasteiger partial charge in [0.1, 0.15) is 0 Å². The maximum Gasteiger partial charge on any atom is 0.236 e. The summed E-state index contributed by atoms with van der Waals surface area (Å²) in [5.74, 6) is 1.26. The third-order valence-electron chi connectivity index (χ3n) is 3.56. The second-order valence-corrected chi connectivity index (χ2v) is 6.11. The standard InChI is InChI=1S/C13H27N3OS/c1-3-15(4-2)8-9-18-12-6-5-7-16(11-12)13(17)10-14/h12H,3-11,14H2,1-2H3. The molecule has 5 heteroatoms. The summed E-state index contributed by atoms with van der Waals surface area (Å²) < 4.78 is 0. The van der Waals surface area contributed by atoms with E-state index in [0.717, 1.165) is 44.9 Å². The molecule has 0 bridgehead atoms. The topological polar surface area (TPSA) is 49.6 Å². The molecular weight excluding hydrogens is 246 g/mol. The van der Waals surface area contributed by atoms with Crippen LogP contribution in [-0.2, 0) is 4.79 Å². The van der Waals surface area contributed by atoms with Crippen molar-refractivity contribution >= 4 is 17.7 Å². The Hall–Kier alpha value is -0.260. The Morgan fingerprint density at radius 2 is 2.17 bits per heavy atom. The fraction of sp³-hybridized carbons (Fsp3) is 0.923. The average Bonchev–Trinajstić information content (AvgIpc) is 2.43. The van der Waals surface area contributed by atoms with Crippen LogP contribution in [-0.4, -0.2) is 66.0 Å². The van der Waals surface area contributed by atoms with Crippen LogP contribution in [0, 0.1) is 0 Å². The lowest BCUT2D eigenvalue weighted by atomic mass is 10.1. The molecule has 0 radical (unpaired) electrons. The number of amides is 1. The molecule has 0 aromatic heterocycles. The Labute approximate surface area is 115 Å². The number of rotatable bonds is 7. The summed E-state index contributed by atoms with van der Waals surface area (Å²) in [6.07, 6.45) is 2.35. The van der Waals surface area contributed by atoms with Gasteiger partial charge in [0.2, 0.25) is 5.91 Å². The molecule has 1 aliphatic heterocycles. The molecule has 1 aliphatic rings. The Bertz CT molecular complexity index is 246. The minimum absolute atomic E-state index is 0.101. The van der Waals surface area contributed by atoms with E-state index in [1.165, 1.54) is 6.42 Å². The van der Waals surface area contributed by atoms with Crippen molar-refractivity contribution in [3.05, 3.63) is 0 Å². The number of nitrogens with two attached hydrogens (primary N) is 1. The van der Waals surface area contributed by atoms with Crippen molar-refractivity contribution in [2.24, 2.45) is 5.73 Å². The molecule has 0 spiro atoms. The molecule has 18 heavy (non-hydrogen) atoms. The zero-order valence-corrected chi connectivity index (χ0v) is 12.5. The Morgan fingerprint density at radius 1 is 1.44 bits per heavy atom. The van der Waals surface area contributed by atoms with Crippen molar-refractivity contribution in [3.8, 4) is 0 Å². The van der Waals surface area contributed by atoms with Crippen LogP contribution in [0.2, 0.25) is 0 Å². The van der Waals surface area contributed by atoms with Gasteiger partial charge in [0, 0.05) is 30.6 Å². The first-order chi connectivity index (χ1) is 8.71. The lowest BCUT2D eigenvalue weighted by Crippen LogP contribution is -2.44. The van der Waals surface area contributed by atoms with E-state index < -0.39 is 0 Å². The van der Waals surface area contributed by atoms with Crippen molar-refractivity contribution in [1.29, 1.82) is 0 Å². The predicted molar refractivity (Wildman–Crippen MR) is 78.9 cm³/mol. The molecule has 1 rings (SSSR count). The number of carbonyl (C=O) groups is 1. The fourth-order valence-electron chi connectivity index (χ4n) is 2.32. The smallest absolute Gasteiger partial charge is 0.236 e. The molecule has 0 saturated carbocycles. The number of carbonyl (C=O) groups excluding carboxylic acids is 1. The van der Waals surface area contributed by atoms with E-state index in [1.807, 2.05) is 16.7 Å². The molecular formula is C13H27N3OS. The van der Waals surface area contributed by atoms with Crippen LogP contribution >= 0.6 is 11.8 Å². The highest BCUT2D eigenvalue weighted by molar-refractivity contribution is 7.99. The molecule has 106 valence electrons. The number of piperidine rings is 1. The molecule has 0 aliphatic carbocycles. The first-order valence-corrected chi connectivity index (χ1v) is 8.07. The van der Waals surface area contributed by atoms with Crippen LogP contribution in [0.15, 0.2) is 0 Å². The summed E-state index contributed by atoms with van der Waals surface area (Å²) in [5.41, 5.74) is 5.42. The van der Waals surface area contributed by atoms with E-state index in [1.54, 1.807) is 0 Å². The first kappa shape index (κ1) is 15.8. The SMILES string of the molecule is CCN(CC)CCSC1CCCN(C(=O)CN)C1. The van der Waals surface area contributed by atoms with E-state index in [2.05, 4.69) is 18.7 Å². The van der Waals surface area contributed by atoms with Crippen LogP contribution in [0.25, 0.3) is 0 Å². The van der Waals surface area contributed by atoms with Crippen molar-refractivity contribution < 1.29 is 4.79 Å². The molecule has 0 aromatic rings. The average molecular weight is 273 g/mol. The van der Waals surface area contributed by atoms with Gasteiger partial charge < -0.3 is 15.5 Å². The molecule has 1 atom stereocenters. The maximum atomic E-state index is 11.6. The van der Waals surface area contributed by atoms with E-state index in [0.29, 0.717) is 5.25 Å². The molecule has 2 N–H and O–H groups in total. The Kier molecular flexibility index (Phi) is 7.70. The summed E-state index contributed by atoms with van der Waals surface area (Å²) in [5, 5.41) is 0.602. The Morgan fingerprint density at radius 3 is 2.78 bits per heavy atom. The van der Waals surface area contributed by atoms with Gasteiger partial charge in [0.25, 0.3) is 0 Å². The highest BCUT2D eigenvalue weighted by Gasteiger charge is 2.22. The van der Waals surface area contributed by atoms with Crippen LogP contribution in [0.3, 0.4) is 0 Å². The normalized spacial score (nSPS) is 20.4. The van der Waals surface area contributed by atoms with Crippen LogP contribution in [0.4, 0.5) is 0 Å². The quantitative estimate of drug-likeness (QED) is 0.752. The lowest BCUT2D eigenvalue weighted by Gasteiger charge is -2.32. The van der Waals surface area contributed by atoms with Crippen molar-refractivity contribution in [1.82, 2.24) is 9.80 Å². The number of hydrogen-bond acceptors (Lipinski definition) is 4. The first-order valence-electron chi connectivity index (χ1n) is 7.03. The van der Waals surface area contributed by atoms with Gasteiger partial charge in [-0.15, -0.1) is 0 Å². The van der Waals surface area contributed by atoms with E-state index in [9.17, 15) is 4.79 Å². The fourth-order valence-corrected chi connectivity index (χ4v) is 3.63. The van der Waals surface area contributed by atoms with Crippen molar-refractivity contribution in [2.45, 2.75) is 31.9 Å². The monoisotopic (exact) mass is 273 g/mol. The summed E-state index contributed by atoms with van der Waals surface area (Å²) >= 11 is 2.01. The van der Waals surface area contributed by atoms with Gasteiger partial charge in [0.05, 0.1) is 6.54 Å².